The van der Waals surface area contributed by atoms with Gasteiger partial charge in [0.15, 0.2) is 17.3 Å². The lowest BCUT2D eigenvalue weighted by atomic mass is 10.1. The highest BCUT2D eigenvalue weighted by molar-refractivity contribution is 5.89. The number of nitrogens with zero attached hydrogens (tertiary/aromatic N) is 1. The first-order valence-electron chi connectivity index (χ1n) is 17.2. The molecule has 0 saturated carbocycles. The number of likely N-dealkylation sites (N-methyl/N-ethyl adjacent to an activating group) is 1. The molecule has 0 aliphatic rings. The molecule has 8 heteroatoms. The van der Waals surface area contributed by atoms with Crippen molar-refractivity contribution in [3.05, 3.63) is 148 Å². The average molecular weight is 686 g/mol. The molecule has 0 atom stereocenters. The number of hydrogen-bond donors (Lipinski definition) is 0. The van der Waals surface area contributed by atoms with Gasteiger partial charge >= 0.3 is 0 Å². The summed E-state index contributed by atoms with van der Waals surface area (Å²) in [5.41, 5.74) is 3.59. The Morgan fingerprint density at radius 1 is 0.608 bits per heavy atom. The number of ether oxygens (including phenoxy) is 5. The zero-order valence-electron chi connectivity index (χ0n) is 29.3. The van der Waals surface area contributed by atoms with Gasteiger partial charge in [0.25, 0.3) is 0 Å². The monoisotopic (exact) mass is 685 g/mol. The maximum atomic E-state index is 14.2. The highest BCUT2D eigenvalue weighted by Crippen LogP contribution is 2.40. The SMILES string of the molecule is CCN(CC)CCOc1cc(OCc2ccccc2)cc2oc(-c3ccc(OCc4ccccc4)c(OCc4ccccc4)c3)c(OC)c(=O)c12. The van der Waals surface area contributed by atoms with Crippen LogP contribution in [0.25, 0.3) is 22.3 Å². The third-order valence-corrected chi connectivity index (χ3v) is 8.58. The summed E-state index contributed by atoms with van der Waals surface area (Å²) in [6.45, 7) is 8.12. The maximum Gasteiger partial charge on any atom is 0.239 e. The molecule has 0 amide bonds. The van der Waals surface area contributed by atoms with Crippen LogP contribution in [0.1, 0.15) is 30.5 Å². The summed E-state index contributed by atoms with van der Waals surface area (Å²) in [7, 11) is 1.46. The third-order valence-electron chi connectivity index (χ3n) is 8.58. The fourth-order valence-electron chi connectivity index (χ4n) is 5.73. The van der Waals surface area contributed by atoms with E-state index in [-0.39, 0.29) is 22.3 Å². The summed E-state index contributed by atoms with van der Waals surface area (Å²) >= 11 is 0. The molecular weight excluding hydrogens is 642 g/mol. The quantitative estimate of drug-likeness (QED) is 0.0942. The molecule has 0 aliphatic carbocycles. The van der Waals surface area contributed by atoms with Crippen LogP contribution in [0.5, 0.6) is 28.7 Å². The smallest absolute Gasteiger partial charge is 0.239 e. The predicted molar refractivity (Wildman–Crippen MR) is 200 cm³/mol. The third kappa shape index (κ3) is 8.90. The van der Waals surface area contributed by atoms with Crippen LogP contribution in [-0.4, -0.2) is 38.3 Å². The van der Waals surface area contributed by atoms with Crippen molar-refractivity contribution in [2.24, 2.45) is 0 Å². The fourth-order valence-corrected chi connectivity index (χ4v) is 5.73. The zero-order valence-corrected chi connectivity index (χ0v) is 29.3. The Balaban J connectivity index is 1.39. The summed E-state index contributed by atoms with van der Waals surface area (Å²) in [6, 6.07) is 38.7. The van der Waals surface area contributed by atoms with Crippen molar-refractivity contribution < 1.29 is 28.1 Å². The molecular formula is C43H43NO7. The van der Waals surface area contributed by atoms with Gasteiger partial charge in [0.2, 0.25) is 11.2 Å². The summed E-state index contributed by atoms with van der Waals surface area (Å²) < 4.78 is 37.3. The van der Waals surface area contributed by atoms with Gasteiger partial charge in [0.05, 0.1) is 7.11 Å². The molecule has 0 spiro atoms. The molecule has 5 aromatic carbocycles. The van der Waals surface area contributed by atoms with Crippen LogP contribution in [0.2, 0.25) is 0 Å². The van der Waals surface area contributed by atoms with Gasteiger partial charge in [-0.05, 0) is 48.0 Å². The highest BCUT2D eigenvalue weighted by Gasteiger charge is 2.23. The normalized spacial score (nSPS) is 11.1. The van der Waals surface area contributed by atoms with Gasteiger partial charge in [-0.15, -0.1) is 0 Å². The van der Waals surface area contributed by atoms with Gasteiger partial charge in [0, 0.05) is 24.2 Å². The van der Waals surface area contributed by atoms with Crippen molar-refractivity contribution in [1.29, 1.82) is 0 Å². The molecule has 1 heterocycles. The van der Waals surface area contributed by atoms with Crippen LogP contribution in [-0.2, 0) is 19.8 Å². The molecule has 6 rings (SSSR count). The lowest BCUT2D eigenvalue weighted by Crippen LogP contribution is -2.28. The number of rotatable bonds is 17. The summed E-state index contributed by atoms with van der Waals surface area (Å²) in [6.07, 6.45) is 0. The first kappa shape index (κ1) is 35.1. The minimum atomic E-state index is -0.350. The van der Waals surface area contributed by atoms with Crippen LogP contribution in [0, 0.1) is 0 Å². The predicted octanol–water partition coefficient (Wildman–Crippen LogP) is 8.93. The molecule has 0 aliphatic heterocycles. The van der Waals surface area contributed by atoms with Gasteiger partial charge in [-0.3, -0.25) is 4.79 Å². The van der Waals surface area contributed by atoms with E-state index in [1.165, 1.54) is 7.11 Å². The van der Waals surface area contributed by atoms with E-state index >= 15 is 0 Å². The molecule has 0 unspecified atom stereocenters. The zero-order chi connectivity index (χ0) is 35.4. The topological polar surface area (TPSA) is 79.6 Å². The van der Waals surface area contributed by atoms with Crippen molar-refractivity contribution >= 4 is 11.0 Å². The fraction of sp³-hybridized carbons (Fsp3) is 0.233. The van der Waals surface area contributed by atoms with E-state index in [9.17, 15) is 4.79 Å². The maximum absolute atomic E-state index is 14.2. The van der Waals surface area contributed by atoms with Gasteiger partial charge in [-0.2, -0.15) is 0 Å². The number of methoxy groups -OCH3 is 1. The van der Waals surface area contributed by atoms with E-state index in [1.807, 2.05) is 109 Å². The van der Waals surface area contributed by atoms with E-state index in [0.717, 1.165) is 29.8 Å². The number of fused-ring (bicyclic) bond motifs is 1. The molecule has 262 valence electrons. The van der Waals surface area contributed by atoms with Gasteiger partial charge in [-0.25, -0.2) is 0 Å². The Bertz CT molecular complexity index is 2060. The van der Waals surface area contributed by atoms with Crippen molar-refractivity contribution in [3.63, 3.8) is 0 Å². The first-order chi connectivity index (χ1) is 25.1. The lowest BCUT2D eigenvalue weighted by Gasteiger charge is -2.19. The van der Waals surface area contributed by atoms with Crippen LogP contribution in [0.4, 0.5) is 0 Å². The van der Waals surface area contributed by atoms with E-state index in [4.69, 9.17) is 28.1 Å². The molecule has 0 radical (unpaired) electrons. The molecule has 0 bridgehead atoms. The van der Waals surface area contributed by atoms with E-state index < -0.39 is 0 Å². The van der Waals surface area contributed by atoms with Crippen molar-refractivity contribution in [1.82, 2.24) is 4.90 Å². The van der Waals surface area contributed by atoms with Crippen LogP contribution < -0.4 is 29.1 Å². The number of hydrogen-bond acceptors (Lipinski definition) is 8. The Kier molecular flexibility index (Phi) is 11.9. The number of benzene rings is 5. The van der Waals surface area contributed by atoms with Crippen LogP contribution in [0.15, 0.2) is 131 Å². The van der Waals surface area contributed by atoms with E-state index in [0.29, 0.717) is 67.1 Å². The van der Waals surface area contributed by atoms with Crippen molar-refractivity contribution in [3.8, 4) is 40.1 Å². The molecule has 0 saturated heterocycles. The second kappa shape index (κ2) is 17.3. The van der Waals surface area contributed by atoms with Crippen molar-refractivity contribution in [2.45, 2.75) is 33.7 Å². The Morgan fingerprint density at radius 2 is 1.18 bits per heavy atom. The molecule has 51 heavy (non-hydrogen) atoms. The Hall–Kier alpha value is -5.73. The largest absolute Gasteiger partial charge is 0.491 e. The Labute approximate surface area is 298 Å². The summed E-state index contributed by atoms with van der Waals surface area (Å²) in [4.78, 5) is 16.5. The van der Waals surface area contributed by atoms with Gasteiger partial charge in [-0.1, -0.05) is 105 Å². The standard InChI is InChI=1S/C43H43NO7/c1-4-44(5-2)23-24-47-38-26-35(48-28-31-15-9-6-10-16-31)27-39-40(38)41(45)43(46-3)42(51-39)34-21-22-36(49-29-32-17-11-7-12-18-32)37(25-34)50-30-33-19-13-8-14-20-33/h6-22,25-27H,4-5,23-24,28-30H2,1-3H3. The van der Waals surface area contributed by atoms with Crippen molar-refractivity contribution in [2.75, 3.05) is 33.4 Å². The summed E-state index contributed by atoms with van der Waals surface area (Å²) in [5.74, 6) is 2.25. The van der Waals surface area contributed by atoms with Crippen LogP contribution in [0.3, 0.4) is 0 Å². The van der Waals surface area contributed by atoms with E-state index in [1.54, 1.807) is 12.1 Å². The molecule has 0 fully saturated rings. The van der Waals surface area contributed by atoms with Gasteiger partial charge in [0.1, 0.15) is 48.9 Å². The molecule has 6 aromatic rings. The lowest BCUT2D eigenvalue weighted by molar-refractivity contribution is 0.223. The highest BCUT2D eigenvalue weighted by atomic mass is 16.5. The molecule has 1 aromatic heterocycles. The molecule has 8 nitrogen and oxygen atoms in total. The first-order valence-corrected chi connectivity index (χ1v) is 17.2. The second-order valence-corrected chi connectivity index (χ2v) is 11.9. The summed E-state index contributed by atoms with van der Waals surface area (Å²) in [5, 5.41) is 0.283. The van der Waals surface area contributed by atoms with Crippen LogP contribution >= 0.6 is 0 Å². The Morgan fingerprint density at radius 3 is 1.75 bits per heavy atom. The van der Waals surface area contributed by atoms with E-state index in [2.05, 4.69) is 18.7 Å². The van der Waals surface area contributed by atoms with Gasteiger partial charge < -0.3 is 33.0 Å². The minimum Gasteiger partial charge on any atom is -0.491 e. The minimum absolute atomic E-state index is 0.0565. The molecule has 0 N–H and O–H groups in total. The average Bonchev–Trinajstić information content (AvgIpc) is 3.18. The second-order valence-electron chi connectivity index (χ2n) is 11.9.